The Morgan fingerprint density at radius 3 is 2.27 bits per heavy atom. The van der Waals surface area contributed by atoms with Gasteiger partial charge in [0, 0.05) is 0 Å². The van der Waals surface area contributed by atoms with Gasteiger partial charge in [-0.3, -0.25) is 4.79 Å². The van der Waals surface area contributed by atoms with Crippen molar-refractivity contribution in [3.05, 3.63) is 0 Å². The molecule has 0 spiro atoms. The van der Waals surface area contributed by atoms with Crippen molar-refractivity contribution in [1.82, 2.24) is 0 Å². The minimum atomic E-state index is -0.622. The quantitative estimate of drug-likeness (QED) is 0.631. The second-order valence-electron chi connectivity index (χ2n) is 4.26. The van der Waals surface area contributed by atoms with Crippen molar-refractivity contribution in [2.75, 3.05) is 0 Å². The molecule has 0 amide bonds. The zero-order chi connectivity index (χ0) is 8.65. The van der Waals surface area contributed by atoms with E-state index in [-0.39, 0.29) is 11.3 Å². The van der Waals surface area contributed by atoms with Gasteiger partial charge in [0.25, 0.3) is 0 Å². The van der Waals surface area contributed by atoms with Crippen LogP contribution in [-0.4, -0.2) is 11.1 Å². The van der Waals surface area contributed by atoms with Crippen LogP contribution < -0.4 is 0 Å². The molecule has 1 N–H and O–H groups in total. The zero-order valence-electron chi connectivity index (χ0n) is 7.42. The summed E-state index contributed by atoms with van der Waals surface area (Å²) in [7, 11) is 0. The van der Waals surface area contributed by atoms with Crippen molar-refractivity contribution in [1.29, 1.82) is 0 Å². The molecule has 2 unspecified atom stereocenters. The van der Waals surface area contributed by atoms with E-state index >= 15 is 0 Å². The Balaban J connectivity index is 2.71. The van der Waals surface area contributed by atoms with Crippen LogP contribution in [-0.2, 0) is 4.79 Å². The number of carboxylic acids is 1. The summed E-state index contributed by atoms with van der Waals surface area (Å²) in [6.45, 7) is 6.35. The lowest BCUT2D eigenvalue weighted by Gasteiger charge is -2.25. The van der Waals surface area contributed by atoms with E-state index in [9.17, 15) is 4.79 Å². The molecule has 11 heavy (non-hydrogen) atoms. The molecule has 0 aromatic carbocycles. The lowest BCUT2D eigenvalue weighted by molar-refractivity contribution is -0.143. The average Bonchev–Trinajstić information content (AvgIpc) is 2.09. The van der Waals surface area contributed by atoms with Crippen LogP contribution in [0.1, 0.15) is 33.6 Å². The van der Waals surface area contributed by atoms with Crippen LogP contribution in [0.5, 0.6) is 0 Å². The molecule has 0 bridgehead atoms. The third kappa shape index (κ3) is 1.39. The van der Waals surface area contributed by atoms with Gasteiger partial charge in [0.15, 0.2) is 0 Å². The summed E-state index contributed by atoms with van der Waals surface area (Å²) < 4.78 is 0. The first kappa shape index (κ1) is 8.57. The molecule has 2 heteroatoms. The van der Waals surface area contributed by atoms with Crippen molar-refractivity contribution >= 4 is 5.97 Å². The highest BCUT2D eigenvalue weighted by Crippen LogP contribution is 2.45. The fourth-order valence-corrected chi connectivity index (χ4v) is 1.89. The predicted octanol–water partition coefficient (Wildman–Crippen LogP) is 2.14. The second-order valence-corrected chi connectivity index (χ2v) is 4.26. The Morgan fingerprint density at radius 1 is 1.55 bits per heavy atom. The van der Waals surface area contributed by atoms with E-state index < -0.39 is 5.97 Å². The van der Waals surface area contributed by atoms with Gasteiger partial charge in [0.05, 0.1) is 5.92 Å². The molecular formula is C9H16O2. The van der Waals surface area contributed by atoms with Crippen molar-refractivity contribution in [3.8, 4) is 0 Å². The van der Waals surface area contributed by atoms with Gasteiger partial charge < -0.3 is 5.11 Å². The average molecular weight is 156 g/mol. The van der Waals surface area contributed by atoms with Gasteiger partial charge in [-0.05, 0) is 24.2 Å². The van der Waals surface area contributed by atoms with Gasteiger partial charge in [-0.1, -0.05) is 20.8 Å². The van der Waals surface area contributed by atoms with Gasteiger partial charge in [-0.15, -0.1) is 0 Å². The molecule has 0 aliphatic heterocycles. The largest absolute Gasteiger partial charge is 0.481 e. The summed E-state index contributed by atoms with van der Waals surface area (Å²) in [4.78, 5) is 10.7. The molecular weight excluding hydrogens is 140 g/mol. The van der Waals surface area contributed by atoms with E-state index in [1.165, 1.54) is 0 Å². The normalized spacial score (nSPS) is 35.5. The maximum atomic E-state index is 10.7. The number of rotatable bonds is 1. The van der Waals surface area contributed by atoms with Gasteiger partial charge in [0.2, 0.25) is 0 Å². The van der Waals surface area contributed by atoms with Crippen LogP contribution >= 0.6 is 0 Å². The highest BCUT2D eigenvalue weighted by molar-refractivity contribution is 5.70. The highest BCUT2D eigenvalue weighted by Gasteiger charge is 2.42. The molecule has 1 aliphatic carbocycles. The van der Waals surface area contributed by atoms with Crippen molar-refractivity contribution in [2.24, 2.45) is 17.3 Å². The molecule has 1 saturated carbocycles. The monoisotopic (exact) mass is 156 g/mol. The van der Waals surface area contributed by atoms with E-state index in [0.29, 0.717) is 5.92 Å². The number of carboxylic acid groups (broad SMARTS) is 1. The summed E-state index contributed by atoms with van der Waals surface area (Å²) in [5, 5.41) is 8.82. The first-order valence-corrected chi connectivity index (χ1v) is 4.18. The summed E-state index contributed by atoms with van der Waals surface area (Å²) in [6, 6.07) is 0. The molecule has 64 valence electrons. The predicted molar refractivity (Wildman–Crippen MR) is 43.3 cm³/mol. The smallest absolute Gasteiger partial charge is 0.306 e. The Kier molecular flexibility index (Phi) is 1.95. The summed E-state index contributed by atoms with van der Waals surface area (Å²) in [5.74, 6) is -0.409. The Morgan fingerprint density at radius 2 is 2.09 bits per heavy atom. The standard InChI is InChI=1S/C9H16O2/c1-6-7(8(10)11)4-5-9(6,2)3/h6-7H,4-5H2,1-3H3,(H,10,11). The molecule has 1 aliphatic rings. The fraction of sp³-hybridized carbons (Fsp3) is 0.889. The molecule has 1 fully saturated rings. The molecule has 2 nitrogen and oxygen atoms in total. The van der Waals surface area contributed by atoms with E-state index in [0.717, 1.165) is 12.8 Å². The van der Waals surface area contributed by atoms with Crippen LogP contribution in [0.25, 0.3) is 0 Å². The first-order valence-electron chi connectivity index (χ1n) is 4.18. The van der Waals surface area contributed by atoms with E-state index in [2.05, 4.69) is 13.8 Å². The minimum Gasteiger partial charge on any atom is -0.481 e. The summed E-state index contributed by atoms with van der Waals surface area (Å²) in [5.41, 5.74) is 0.225. The minimum absolute atomic E-state index is 0.106. The molecule has 0 heterocycles. The van der Waals surface area contributed by atoms with Crippen LogP contribution in [0.4, 0.5) is 0 Å². The zero-order valence-corrected chi connectivity index (χ0v) is 7.42. The lowest BCUT2D eigenvalue weighted by atomic mass is 9.80. The Hall–Kier alpha value is -0.530. The number of hydrogen-bond donors (Lipinski definition) is 1. The maximum Gasteiger partial charge on any atom is 0.306 e. The Bertz CT molecular complexity index is 172. The third-order valence-corrected chi connectivity index (χ3v) is 3.25. The van der Waals surface area contributed by atoms with Gasteiger partial charge in [0.1, 0.15) is 0 Å². The second kappa shape index (κ2) is 2.50. The van der Waals surface area contributed by atoms with E-state index in [1.54, 1.807) is 0 Å². The summed E-state index contributed by atoms with van der Waals surface area (Å²) >= 11 is 0. The Labute approximate surface area is 67.6 Å². The van der Waals surface area contributed by atoms with Crippen molar-refractivity contribution in [3.63, 3.8) is 0 Å². The van der Waals surface area contributed by atoms with Crippen LogP contribution in [0, 0.1) is 17.3 Å². The third-order valence-electron chi connectivity index (χ3n) is 3.25. The SMILES string of the molecule is CC1C(C(=O)O)CCC1(C)C. The molecule has 0 aromatic heterocycles. The van der Waals surface area contributed by atoms with Crippen LogP contribution in [0.15, 0.2) is 0 Å². The number of carbonyl (C=O) groups is 1. The first-order chi connectivity index (χ1) is 4.95. The van der Waals surface area contributed by atoms with Gasteiger partial charge in [-0.25, -0.2) is 0 Å². The summed E-state index contributed by atoms with van der Waals surface area (Å²) in [6.07, 6.45) is 1.90. The molecule has 0 aromatic rings. The highest BCUT2D eigenvalue weighted by atomic mass is 16.4. The lowest BCUT2D eigenvalue weighted by Crippen LogP contribution is -2.23. The van der Waals surface area contributed by atoms with Gasteiger partial charge >= 0.3 is 5.97 Å². The molecule has 2 atom stereocenters. The number of aliphatic carboxylic acids is 1. The molecule has 0 radical (unpaired) electrons. The van der Waals surface area contributed by atoms with Crippen LogP contribution in [0.3, 0.4) is 0 Å². The number of hydrogen-bond acceptors (Lipinski definition) is 1. The fourth-order valence-electron chi connectivity index (χ4n) is 1.89. The van der Waals surface area contributed by atoms with Gasteiger partial charge in [-0.2, -0.15) is 0 Å². The van der Waals surface area contributed by atoms with E-state index in [1.807, 2.05) is 6.92 Å². The van der Waals surface area contributed by atoms with E-state index in [4.69, 9.17) is 5.11 Å². The van der Waals surface area contributed by atoms with Crippen molar-refractivity contribution in [2.45, 2.75) is 33.6 Å². The topological polar surface area (TPSA) is 37.3 Å². The van der Waals surface area contributed by atoms with Crippen LogP contribution in [0.2, 0.25) is 0 Å². The van der Waals surface area contributed by atoms with Crippen molar-refractivity contribution < 1.29 is 9.90 Å². The molecule has 1 rings (SSSR count). The maximum absolute atomic E-state index is 10.7. The molecule has 0 saturated heterocycles.